The third kappa shape index (κ3) is 3.52. The Bertz CT molecular complexity index is 719. The SMILES string of the molecule is CC(C)Oc1ccc(CNc2ccc3ncsc3c2)cc1. The van der Waals surface area contributed by atoms with Gasteiger partial charge < -0.3 is 10.1 Å². The van der Waals surface area contributed by atoms with Crippen molar-refractivity contribution in [2.45, 2.75) is 26.5 Å². The molecule has 2 aromatic carbocycles. The molecule has 4 heteroatoms. The Morgan fingerprint density at radius 2 is 1.95 bits per heavy atom. The molecule has 0 spiro atoms. The molecular formula is C17H18N2OS. The third-order valence-electron chi connectivity index (χ3n) is 3.12. The number of hydrogen-bond donors (Lipinski definition) is 1. The number of rotatable bonds is 5. The number of fused-ring (bicyclic) bond motifs is 1. The van der Waals surface area contributed by atoms with Gasteiger partial charge in [-0.05, 0) is 49.7 Å². The van der Waals surface area contributed by atoms with E-state index in [4.69, 9.17) is 4.74 Å². The van der Waals surface area contributed by atoms with Crippen LogP contribution >= 0.6 is 11.3 Å². The number of nitrogens with one attached hydrogen (secondary N) is 1. The van der Waals surface area contributed by atoms with E-state index in [9.17, 15) is 0 Å². The van der Waals surface area contributed by atoms with E-state index in [2.05, 4.69) is 34.6 Å². The van der Waals surface area contributed by atoms with Crippen molar-refractivity contribution in [1.82, 2.24) is 4.98 Å². The van der Waals surface area contributed by atoms with Crippen LogP contribution < -0.4 is 10.1 Å². The Morgan fingerprint density at radius 1 is 1.14 bits per heavy atom. The molecule has 1 N–H and O–H groups in total. The molecule has 0 amide bonds. The first kappa shape index (κ1) is 13.9. The first-order valence-electron chi connectivity index (χ1n) is 7.03. The van der Waals surface area contributed by atoms with Gasteiger partial charge in [-0.15, -0.1) is 11.3 Å². The Labute approximate surface area is 128 Å². The summed E-state index contributed by atoms with van der Waals surface area (Å²) in [4.78, 5) is 4.29. The molecule has 0 aliphatic carbocycles. The molecule has 0 bridgehead atoms. The molecule has 0 atom stereocenters. The molecule has 0 radical (unpaired) electrons. The van der Waals surface area contributed by atoms with Crippen molar-refractivity contribution in [3.05, 3.63) is 53.5 Å². The molecular weight excluding hydrogens is 280 g/mol. The molecule has 21 heavy (non-hydrogen) atoms. The minimum absolute atomic E-state index is 0.208. The summed E-state index contributed by atoms with van der Waals surface area (Å²) >= 11 is 1.66. The van der Waals surface area contributed by atoms with Gasteiger partial charge in [0.15, 0.2) is 0 Å². The standard InChI is InChI=1S/C17H18N2OS/c1-12(2)20-15-6-3-13(4-7-15)10-18-14-5-8-16-17(9-14)21-11-19-16/h3-9,11-12,18H,10H2,1-2H3. The van der Waals surface area contributed by atoms with Crippen LogP contribution in [0.2, 0.25) is 0 Å². The Hall–Kier alpha value is -2.07. The van der Waals surface area contributed by atoms with Gasteiger partial charge in [0.05, 0.1) is 21.8 Å². The number of benzene rings is 2. The molecule has 0 saturated carbocycles. The second kappa shape index (κ2) is 6.14. The van der Waals surface area contributed by atoms with Crippen molar-refractivity contribution in [3.63, 3.8) is 0 Å². The summed E-state index contributed by atoms with van der Waals surface area (Å²) in [5.74, 6) is 0.917. The molecule has 0 fully saturated rings. The van der Waals surface area contributed by atoms with E-state index in [1.807, 2.05) is 37.6 Å². The lowest BCUT2D eigenvalue weighted by Crippen LogP contribution is -2.05. The lowest BCUT2D eigenvalue weighted by molar-refractivity contribution is 0.242. The van der Waals surface area contributed by atoms with Gasteiger partial charge >= 0.3 is 0 Å². The number of hydrogen-bond acceptors (Lipinski definition) is 4. The van der Waals surface area contributed by atoms with Gasteiger partial charge in [0.25, 0.3) is 0 Å². The van der Waals surface area contributed by atoms with Crippen molar-refractivity contribution in [2.75, 3.05) is 5.32 Å². The van der Waals surface area contributed by atoms with E-state index in [1.54, 1.807) is 11.3 Å². The minimum Gasteiger partial charge on any atom is -0.491 e. The van der Waals surface area contributed by atoms with Gasteiger partial charge in [-0.25, -0.2) is 4.98 Å². The fourth-order valence-corrected chi connectivity index (χ4v) is 2.84. The van der Waals surface area contributed by atoms with E-state index < -0.39 is 0 Å². The van der Waals surface area contributed by atoms with E-state index in [0.29, 0.717) is 0 Å². The molecule has 3 nitrogen and oxygen atoms in total. The predicted molar refractivity (Wildman–Crippen MR) is 89.2 cm³/mol. The summed E-state index contributed by atoms with van der Waals surface area (Å²) in [5.41, 5.74) is 5.28. The first-order valence-corrected chi connectivity index (χ1v) is 7.91. The molecule has 0 aliphatic heterocycles. The number of thiazole rings is 1. The van der Waals surface area contributed by atoms with Crippen LogP contribution in [-0.4, -0.2) is 11.1 Å². The highest BCUT2D eigenvalue weighted by Gasteiger charge is 2.00. The highest BCUT2D eigenvalue weighted by Crippen LogP contribution is 2.22. The Kier molecular flexibility index (Phi) is 4.06. The van der Waals surface area contributed by atoms with Crippen LogP contribution in [0, 0.1) is 0 Å². The van der Waals surface area contributed by atoms with Crippen LogP contribution in [0.15, 0.2) is 48.0 Å². The van der Waals surface area contributed by atoms with Gasteiger partial charge in [-0.3, -0.25) is 0 Å². The highest BCUT2D eigenvalue weighted by molar-refractivity contribution is 7.16. The Morgan fingerprint density at radius 3 is 2.71 bits per heavy atom. The van der Waals surface area contributed by atoms with Crippen LogP contribution in [0.3, 0.4) is 0 Å². The van der Waals surface area contributed by atoms with Crippen LogP contribution in [0.25, 0.3) is 10.2 Å². The summed E-state index contributed by atoms with van der Waals surface area (Å²) in [6.45, 7) is 4.86. The van der Waals surface area contributed by atoms with Crippen molar-refractivity contribution in [1.29, 1.82) is 0 Å². The lowest BCUT2D eigenvalue weighted by Gasteiger charge is -2.11. The molecule has 1 aromatic heterocycles. The molecule has 1 heterocycles. The summed E-state index contributed by atoms with van der Waals surface area (Å²) in [7, 11) is 0. The van der Waals surface area contributed by atoms with Crippen molar-refractivity contribution in [2.24, 2.45) is 0 Å². The second-order valence-electron chi connectivity index (χ2n) is 5.20. The van der Waals surface area contributed by atoms with E-state index in [0.717, 1.165) is 23.5 Å². The van der Waals surface area contributed by atoms with Gasteiger partial charge in [-0.2, -0.15) is 0 Å². The molecule has 0 aliphatic rings. The zero-order valence-electron chi connectivity index (χ0n) is 12.2. The summed E-state index contributed by atoms with van der Waals surface area (Å²) in [6.07, 6.45) is 0.208. The maximum absolute atomic E-state index is 5.65. The summed E-state index contributed by atoms with van der Waals surface area (Å²) in [5, 5.41) is 3.44. The Balaban J connectivity index is 1.63. The van der Waals surface area contributed by atoms with Gasteiger partial charge in [0, 0.05) is 12.2 Å². The first-order chi connectivity index (χ1) is 10.2. The van der Waals surface area contributed by atoms with Gasteiger partial charge in [0.2, 0.25) is 0 Å². The minimum atomic E-state index is 0.208. The quantitative estimate of drug-likeness (QED) is 0.741. The summed E-state index contributed by atoms with van der Waals surface area (Å²) < 4.78 is 6.85. The van der Waals surface area contributed by atoms with E-state index >= 15 is 0 Å². The maximum Gasteiger partial charge on any atom is 0.119 e. The number of anilines is 1. The van der Waals surface area contributed by atoms with Crippen LogP contribution in [0.4, 0.5) is 5.69 Å². The number of nitrogens with zero attached hydrogens (tertiary/aromatic N) is 1. The van der Waals surface area contributed by atoms with Gasteiger partial charge in [0.1, 0.15) is 5.75 Å². The zero-order valence-corrected chi connectivity index (χ0v) is 13.0. The van der Waals surface area contributed by atoms with Crippen LogP contribution in [0.5, 0.6) is 5.75 Å². The third-order valence-corrected chi connectivity index (χ3v) is 3.91. The summed E-state index contributed by atoms with van der Waals surface area (Å²) in [6, 6.07) is 14.5. The smallest absolute Gasteiger partial charge is 0.119 e. The second-order valence-corrected chi connectivity index (χ2v) is 6.09. The molecule has 0 saturated heterocycles. The number of ether oxygens (including phenoxy) is 1. The molecule has 0 unspecified atom stereocenters. The largest absolute Gasteiger partial charge is 0.491 e. The molecule has 3 rings (SSSR count). The lowest BCUT2D eigenvalue weighted by atomic mass is 10.2. The zero-order chi connectivity index (χ0) is 14.7. The average Bonchev–Trinajstić information content (AvgIpc) is 2.93. The van der Waals surface area contributed by atoms with Crippen molar-refractivity contribution >= 4 is 27.2 Å². The van der Waals surface area contributed by atoms with Gasteiger partial charge in [-0.1, -0.05) is 12.1 Å². The molecule has 3 aromatic rings. The topological polar surface area (TPSA) is 34.1 Å². The van der Waals surface area contributed by atoms with E-state index in [1.165, 1.54) is 10.3 Å². The normalized spacial score (nSPS) is 11.0. The van der Waals surface area contributed by atoms with E-state index in [-0.39, 0.29) is 6.10 Å². The van der Waals surface area contributed by atoms with Crippen molar-refractivity contribution < 1.29 is 4.74 Å². The molecule has 108 valence electrons. The fraction of sp³-hybridized carbons (Fsp3) is 0.235. The number of aromatic nitrogens is 1. The fourth-order valence-electron chi connectivity index (χ4n) is 2.13. The average molecular weight is 298 g/mol. The maximum atomic E-state index is 5.65. The van der Waals surface area contributed by atoms with Crippen LogP contribution in [0.1, 0.15) is 19.4 Å². The van der Waals surface area contributed by atoms with Crippen LogP contribution in [-0.2, 0) is 6.54 Å². The predicted octanol–water partition coefficient (Wildman–Crippen LogP) is 4.70. The monoisotopic (exact) mass is 298 g/mol. The van der Waals surface area contributed by atoms with Crippen molar-refractivity contribution in [3.8, 4) is 5.75 Å². The highest BCUT2D eigenvalue weighted by atomic mass is 32.1.